The van der Waals surface area contributed by atoms with E-state index in [1.807, 2.05) is 34.7 Å². The van der Waals surface area contributed by atoms with Crippen molar-refractivity contribution in [2.45, 2.75) is 19.8 Å². The summed E-state index contributed by atoms with van der Waals surface area (Å²) in [5.74, 6) is 0.760. The summed E-state index contributed by atoms with van der Waals surface area (Å²) in [5.41, 5.74) is 1.86. The number of hydrogen-bond acceptors (Lipinski definition) is 1. The molecule has 1 aromatic heterocycles. The summed E-state index contributed by atoms with van der Waals surface area (Å²) < 4.78 is 3.03. The van der Waals surface area contributed by atoms with E-state index in [9.17, 15) is 4.79 Å². The van der Waals surface area contributed by atoms with Gasteiger partial charge in [0.05, 0.1) is 5.52 Å². The summed E-state index contributed by atoms with van der Waals surface area (Å²) in [5, 5.41) is 1.11. The molecule has 1 amide bonds. The summed E-state index contributed by atoms with van der Waals surface area (Å²) in [7, 11) is 1.97. The van der Waals surface area contributed by atoms with E-state index < -0.39 is 0 Å². The first-order chi connectivity index (χ1) is 9.58. The molecule has 1 atom stereocenters. The molecular formula is C16H19BrN2O. The Kier molecular flexibility index (Phi) is 3.59. The van der Waals surface area contributed by atoms with E-state index in [1.54, 1.807) is 0 Å². The Labute approximate surface area is 127 Å². The molecule has 0 saturated carbocycles. The first-order valence-corrected chi connectivity index (χ1v) is 7.90. The van der Waals surface area contributed by atoms with Crippen molar-refractivity contribution in [2.24, 2.45) is 13.0 Å². The number of halogens is 1. The number of likely N-dealkylation sites (tertiary alicyclic amines) is 1. The first kappa shape index (κ1) is 13.7. The van der Waals surface area contributed by atoms with E-state index in [0.717, 1.165) is 40.6 Å². The fourth-order valence-corrected chi connectivity index (χ4v) is 3.76. The van der Waals surface area contributed by atoms with E-state index in [1.165, 1.54) is 6.42 Å². The quantitative estimate of drug-likeness (QED) is 0.778. The van der Waals surface area contributed by atoms with Crippen molar-refractivity contribution in [1.29, 1.82) is 0 Å². The maximum Gasteiger partial charge on any atom is 0.270 e. The van der Waals surface area contributed by atoms with Crippen LogP contribution in [0, 0.1) is 5.92 Å². The normalized spacial score (nSPS) is 19.6. The molecule has 3 nitrogen and oxygen atoms in total. The van der Waals surface area contributed by atoms with Crippen LogP contribution in [0.2, 0.25) is 0 Å². The number of nitrogens with zero attached hydrogens (tertiary/aromatic N) is 2. The van der Waals surface area contributed by atoms with Gasteiger partial charge in [-0.15, -0.1) is 0 Å². The second-order valence-corrected chi connectivity index (χ2v) is 6.62. The largest absolute Gasteiger partial charge is 0.339 e. The van der Waals surface area contributed by atoms with Crippen molar-refractivity contribution in [1.82, 2.24) is 9.47 Å². The first-order valence-electron chi connectivity index (χ1n) is 7.11. The smallest absolute Gasteiger partial charge is 0.270 e. The Morgan fingerprint density at radius 3 is 2.90 bits per heavy atom. The number of fused-ring (bicyclic) bond motifs is 1. The van der Waals surface area contributed by atoms with Crippen molar-refractivity contribution in [2.75, 3.05) is 13.1 Å². The lowest BCUT2D eigenvalue weighted by Gasteiger charge is -2.31. The number of carbonyl (C=O) groups is 1. The predicted octanol–water partition coefficient (Wildman–Crippen LogP) is 3.81. The molecule has 1 aliphatic rings. The zero-order valence-corrected chi connectivity index (χ0v) is 13.5. The molecule has 0 N–H and O–H groups in total. The highest BCUT2D eigenvalue weighted by Gasteiger charge is 2.24. The van der Waals surface area contributed by atoms with Gasteiger partial charge in [0.2, 0.25) is 0 Å². The van der Waals surface area contributed by atoms with E-state index in [2.05, 4.69) is 28.9 Å². The number of para-hydroxylation sites is 1. The van der Waals surface area contributed by atoms with Crippen LogP contribution in [0.4, 0.5) is 0 Å². The number of piperidine rings is 1. The number of amides is 1. The summed E-state index contributed by atoms with van der Waals surface area (Å²) in [6.45, 7) is 3.98. The van der Waals surface area contributed by atoms with Crippen LogP contribution in [0.5, 0.6) is 0 Å². The minimum absolute atomic E-state index is 0.155. The third-order valence-electron chi connectivity index (χ3n) is 4.17. The minimum atomic E-state index is 0.155. The molecule has 1 unspecified atom stereocenters. The average Bonchev–Trinajstić information content (AvgIpc) is 2.76. The summed E-state index contributed by atoms with van der Waals surface area (Å²) in [6, 6.07) is 8.07. The Hall–Kier alpha value is -1.29. The van der Waals surface area contributed by atoms with Gasteiger partial charge in [0, 0.05) is 30.0 Å². The number of aromatic nitrogens is 1. The highest BCUT2D eigenvalue weighted by Crippen LogP contribution is 2.28. The van der Waals surface area contributed by atoms with E-state index >= 15 is 0 Å². The van der Waals surface area contributed by atoms with E-state index in [0.29, 0.717) is 5.92 Å². The summed E-state index contributed by atoms with van der Waals surface area (Å²) in [4.78, 5) is 14.7. The van der Waals surface area contributed by atoms with Crippen LogP contribution in [0.15, 0.2) is 28.7 Å². The monoisotopic (exact) mass is 334 g/mol. The van der Waals surface area contributed by atoms with Gasteiger partial charge < -0.3 is 9.47 Å². The topological polar surface area (TPSA) is 25.2 Å². The van der Waals surface area contributed by atoms with Gasteiger partial charge in [-0.3, -0.25) is 4.79 Å². The van der Waals surface area contributed by atoms with Crippen LogP contribution in [0.25, 0.3) is 10.9 Å². The number of aryl methyl sites for hydroxylation is 1. The van der Waals surface area contributed by atoms with Gasteiger partial charge in [-0.25, -0.2) is 0 Å². The van der Waals surface area contributed by atoms with Gasteiger partial charge in [-0.05, 0) is 46.8 Å². The predicted molar refractivity (Wildman–Crippen MR) is 84.9 cm³/mol. The number of hydrogen-bond donors (Lipinski definition) is 0. The molecule has 3 rings (SSSR count). The van der Waals surface area contributed by atoms with Crippen LogP contribution in [-0.2, 0) is 7.05 Å². The van der Waals surface area contributed by atoms with Crippen LogP contribution in [-0.4, -0.2) is 28.5 Å². The Bertz CT molecular complexity index is 662. The van der Waals surface area contributed by atoms with Gasteiger partial charge in [-0.2, -0.15) is 0 Å². The van der Waals surface area contributed by atoms with Crippen LogP contribution in [0.3, 0.4) is 0 Å². The molecule has 4 heteroatoms. The van der Waals surface area contributed by atoms with Crippen LogP contribution in [0.1, 0.15) is 30.3 Å². The number of rotatable bonds is 1. The molecule has 2 aromatic rings. The summed E-state index contributed by atoms with van der Waals surface area (Å²) in [6.07, 6.45) is 2.34. The molecule has 20 heavy (non-hydrogen) atoms. The molecule has 106 valence electrons. The number of carbonyl (C=O) groups excluding carboxylic acids is 1. The second-order valence-electron chi connectivity index (χ2n) is 5.76. The highest BCUT2D eigenvalue weighted by atomic mass is 79.9. The number of benzene rings is 1. The lowest BCUT2D eigenvalue weighted by molar-refractivity contribution is 0.0674. The molecule has 0 aliphatic carbocycles. The van der Waals surface area contributed by atoms with Crippen molar-refractivity contribution < 1.29 is 4.79 Å². The van der Waals surface area contributed by atoms with Crippen molar-refractivity contribution in [3.05, 3.63) is 34.4 Å². The van der Waals surface area contributed by atoms with E-state index in [4.69, 9.17) is 0 Å². The fourth-order valence-electron chi connectivity index (χ4n) is 3.11. The van der Waals surface area contributed by atoms with Gasteiger partial charge in [-0.1, -0.05) is 19.1 Å². The zero-order valence-electron chi connectivity index (χ0n) is 11.9. The molecule has 1 saturated heterocycles. The fraction of sp³-hybridized carbons (Fsp3) is 0.438. The molecule has 0 bridgehead atoms. The average molecular weight is 335 g/mol. The van der Waals surface area contributed by atoms with Crippen molar-refractivity contribution in [3.63, 3.8) is 0 Å². The molecule has 1 fully saturated rings. The second kappa shape index (κ2) is 5.24. The van der Waals surface area contributed by atoms with Gasteiger partial charge >= 0.3 is 0 Å². The molecule has 2 heterocycles. The highest BCUT2D eigenvalue weighted by molar-refractivity contribution is 9.10. The van der Waals surface area contributed by atoms with Crippen molar-refractivity contribution in [3.8, 4) is 0 Å². The van der Waals surface area contributed by atoms with Gasteiger partial charge in [0.1, 0.15) is 5.69 Å². The lowest BCUT2D eigenvalue weighted by Crippen LogP contribution is -2.39. The van der Waals surface area contributed by atoms with Gasteiger partial charge in [0.15, 0.2) is 0 Å². The Morgan fingerprint density at radius 1 is 1.40 bits per heavy atom. The maximum absolute atomic E-state index is 12.7. The SMILES string of the molecule is CC1CCCN(C(=O)c2cc3cccc(Br)c3n2C)C1. The minimum Gasteiger partial charge on any atom is -0.339 e. The van der Waals surface area contributed by atoms with Gasteiger partial charge in [0.25, 0.3) is 5.91 Å². The Morgan fingerprint density at radius 2 is 2.20 bits per heavy atom. The lowest BCUT2D eigenvalue weighted by atomic mass is 10.00. The maximum atomic E-state index is 12.7. The zero-order chi connectivity index (χ0) is 14.3. The standard InChI is InChI=1S/C16H19BrN2O/c1-11-5-4-8-19(10-11)16(20)14-9-12-6-3-7-13(17)15(12)18(14)2/h3,6-7,9,11H,4-5,8,10H2,1-2H3. The third-order valence-corrected chi connectivity index (χ3v) is 4.81. The molecular weight excluding hydrogens is 316 g/mol. The molecule has 0 radical (unpaired) electrons. The van der Waals surface area contributed by atoms with Crippen molar-refractivity contribution >= 4 is 32.7 Å². The molecule has 1 aromatic carbocycles. The third kappa shape index (κ3) is 2.26. The van der Waals surface area contributed by atoms with E-state index in [-0.39, 0.29) is 5.91 Å². The Balaban J connectivity index is 1.99. The molecule has 0 spiro atoms. The van der Waals surface area contributed by atoms with Crippen LogP contribution < -0.4 is 0 Å². The summed E-state index contributed by atoms with van der Waals surface area (Å²) >= 11 is 3.57. The molecule has 1 aliphatic heterocycles. The van der Waals surface area contributed by atoms with Crippen LogP contribution >= 0.6 is 15.9 Å².